The summed E-state index contributed by atoms with van der Waals surface area (Å²) < 4.78 is 0. The molecule has 0 aliphatic heterocycles. The normalized spacial score (nSPS) is 15.7. The summed E-state index contributed by atoms with van der Waals surface area (Å²) in [5.41, 5.74) is 7.28. The highest BCUT2D eigenvalue weighted by molar-refractivity contribution is 5.83. The Morgan fingerprint density at radius 2 is 1.54 bits per heavy atom. The van der Waals surface area contributed by atoms with Crippen LogP contribution in [-0.2, 0) is 0 Å². The highest BCUT2D eigenvalue weighted by atomic mass is 14.2. The van der Waals surface area contributed by atoms with E-state index in [0.717, 1.165) is 6.42 Å². The summed E-state index contributed by atoms with van der Waals surface area (Å²) in [6.07, 6.45) is 8.89. The van der Waals surface area contributed by atoms with E-state index >= 15 is 0 Å². The first-order chi connectivity index (χ1) is 12.7. The lowest BCUT2D eigenvalue weighted by Crippen LogP contribution is -2.05. The van der Waals surface area contributed by atoms with E-state index in [2.05, 4.69) is 80.6 Å². The number of allylic oxidation sites excluding steroid dienone is 2. The van der Waals surface area contributed by atoms with Crippen LogP contribution in [-0.4, -0.2) is 0 Å². The van der Waals surface area contributed by atoms with Gasteiger partial charge in [-0.15, -0.1) is 0 Å². The molecule has 0 nitrogen and oxygen atoms in total. The third-order valence-corrected chi connectivity index (χ3v) is 5.67. The summed E-state index contributed by atoms with van der Waals surface area (Å²) in [7, 11) is 0. The maximum absolute atomic E-state index is 2.50. The van der Waals surface area contributed by atoms with Crippen LogP contribution in [0.25, 0.3) is 10.8 Å². The Bertz CT molecular complexity index is 925. The summed E-state index contributed by atoms with van der Waals surface area (Å²) in [4.78, 5) is 0. The molecule has 0 amide bonds. The molecule has 0 fully saturated rings. The van der Waals surface area contributed by atoms with Gasteiger partial charge in [0.2, 0.25) is 0 Å². The number of rotatable bonds is 4. The van der Waals surface area contributed by atoms with Crippen LogP contribution in [0.15, 0.2) is 72.3 Å². The van der Waals surface area contributed by atoms with Crippen molar-refractivity contribution in [2.75, 3.05) is 0 Å². The lowest BCUT2D eigenvalue weighted by molar-refractivity contribution is 0.652. The minimum atomic E-state index is 0.447. The minimum absolute atomic E-state index is 0.447. The van der Waals surface area contributed by atoms with Gasteiger partial charge in [0.05, 0.1) is 0 Å². The molecule has 0 heterocycles. The van der Waals surface area contributed by atoms with Crippen LogP contribution < -0.4 is 0 Å². The van der Waals surface area contributed by atoms with Crippen molar-refractivity contribution in [1.29, 1.82) is 0 Å². The van der Waals surface area contributed by atoms with Crippen molar-refractivity contribution in [2.24, 2.45) is 0 Å². The molecule has 1 aliphatic carbocycles. The van der Waals surface area contributed by atoms with Crippen LogP contribution in [0.3, 0.4) is 0 Å². The molecule has 0 saturated carbocycles. The molecule has 0 radical (unpaired) electrons. The van der Waals surface area contributed by atoms with Gasteiger partial charge in [-0.3, -0.25) is 0 Å². The fourth-order valence-electron chi connectivity index (χ4n) is 4.42. The van der Waals surface area contributed by atoms with E-state index in [1.54, 1.807) is 5.57 Å². The van der Waals surface area contributed by atoms with Crippen molar-refractivity contribution in [3.05, 3.63) is 94.6 Å². The number of fused-ring (bicyclic) bond motifs is 1. The van der Waals surface area contributed by atoms with E-state index < -0.39 is 0 Å². The third kappa shape index (κ3) is 3.75. The number of benzene rings is 3. The Morgan fingerprint density at radius 3 is 2.27 bits per heavy atom. The Labute approximate surface area is 157 Å². The van der Waals surface area contributed by atoms with Crippen LogP contribution >= 0.6 is 0 Å². The molecule has 0 N–H and O–H groups in total. The van der Waals surface area contributed by atoms with Crippen molar-refractivity contribution in [2.45, 2.75) is 51.9 Å². The molecular weight excluding hydrogens is 312 g/mol. The molecule has 4 rings (SSSR count). The average Bonchev–Trinajstić information content (AvgIpc) is 2.66. The van der Waals surface area contributed by atoms with Crippen molar-refractivity contribution in [1.82, 2.24) is 0 Å². The highest BCUT2D eigenvalue weighted by Gasteiger charge is 2.18. The van der Waals surface area contributed by atoms with Gasteiger partial charge in [-0.05, 0) is 67.9 Å². The van der Waals surface area contributed by atoms with Crippen molar-refractivity contribution in [3.63, 3.8) is 0 Å². The Kier molecular flexibility index (Phi) is 4.93. The summed E-state index contributed by atoms with van der Waals surface area (Å²) in [5, 5.41) is 2.67. The van der Waals surface area contributed by atoms with E-state index in [4.69, 9.17) is 0 Å². The van der Waals surface area contributed by atoms with Gasteiger partial charge in [0.15, 0.2) is 0 Å². The standard InChI is InChI=1S/C26H28/c1-19-14-20(2)16-25(15-19)26(17-21-8-4-3-5-9-21)24-13-12-22-10-6-7-11-23(22)18-24/h6-8,10-16,18,26H,3-5,9,17H2,1-2H3. The fraction of sp³-hybridized carbons (Fsp3) is 0.308. The Morgan fingerprint density at radius 1 is 0.769 bits per heavy atom. The average molecular weight is 341 g/mol. The molecule has 26 heavy (non-hydrogen) atoms. The molecule has 132 valence electrons. The predicted octanol–water partition coefficient (Wildman–Crippen LogP) is 7.48. The van der Waals surface area contributed by atoms with Gasteiger partial charge in [-0.25, -0.2) is 0 Å². The molecule has 3 aromatic rings. The van der Waals surface area contributed by atoms with Crippen LogP contribution in [0.4, 0.5) is 0 Å². The number of aryl methyl sites for hydroxylation is 2. The van der Waals surface area contributed by atoms with Gasteiger partial charge >= 0.3 is 0 Å². The van der Waals surface area contributed by atoms with E-state index in [9.17, 15) is 0 Å². The van der Waals surface area contributed by atoms with Gasteiger partial charge in [0.1, 0.15) is 0 Å². The molecule has 1 atom stereocenters. The molecule has 3 aromatic carbocycles. The summed E-state index contributed by atoms with van der Waals surface area (Å²) >= 11 is 0. The van der Waals surface area contributed by atoms with Gasteiger partial charge < -0.3 is 0 Å². The topological polar surface area (TPSA) is 0 Å². The van der Waals surface area contributed by atoms with Gasteiger partial charge in [-0.1, -0.05) is 83.4 Å². The molecule has 1 unspecified atom stereocenters. The SMILES string of the molecule is Cc1cc(C)cc(C(CC2=CCCCC2)c2ccc3ccccc3c2)c1. The van der Waals surface area contributed by atoms with Crippen molar-refractivity contribution < 1.29 is 0 Å². The van der Waals surface area contributed by atoms with Crippen LogP contribution in [0.1, 0.15) is 60.3 Å². The maximum Gasteiger partial charge on any atom is 0.0127 e. The lowest BCUT2D eigenvalue weighted by atomic mass is 9.81. The molecular formula is C26H28. The van der Waals surface area contributed by atoms with E-state index in [0.29, 0.717) is 5.92 Å². The van der Waals surface area contributed by atoms with Gasteiger partial charge in [0.25, 0.3) is 0 Å². The third-order valence-electron chi connectivity index (χ3n) is 5.67. The zero-order valence-corrected chi connectivity index (χ0v) is 16.0. The summed E-state index contributed by atoms with van der Waals surface area (Å²) in [5.74, 6) is 0.447. The van der Waals surface area contributed by atoms with E-state index in [1.165, 1.54) is 58.7 Å². The first-order valence-electron chi connectivity index (χ1n) is 9.94. The zero-order valence-electron chi connectivity index (χ0n) is 16.0. The fourth-order valence-corrected chi connectivity index (χ4v) is 4.42. The van der Waals surface area contributed by atoms with Crippen LogP contribution in [0, 0.1) is 13.8 Å². The van der Waals surface area contributed by atoms with Crippen LogP contribution in [0.2, 0.25) is 0 Å². The van der Waals surface area contributed by atoms with Gasteiger partial charge in [0, 0.05) is 5.92 Å². The Balaban J connectivity index is 1.78. The lowest BCUT2D eigenvalue weighted by Gasteiger charge is -2.23. The highest BCUT2D eigenvalue weighted by Crippen LogP contribution is 2.36. The second-order valence-electron chi connectivity index (χ2n) is 7.89. The maximum atomic E-state index is 2.50. The second kappa shape index (κ2) is 7.50. The summed E-state index contributed by atoms with van der Waals surface area (Å²) in [6, 6.07) is 22.8. The molecule has 1 aliphatic rings. The molecule has 0 aromatic heterocycles. The first kappa shape index (κ1) is 17.1. The van der Waals surface area contributed by atoms with Gasteiger partial charge in [-0.2, -0.15) is 0 Å². The first-order valence-corrected chi connectivity index (χ1v) is 9.94. The molecule has 0 spiro atoms. The molecule has 0 heteroatoms. The van der Waals surface area contributed by atoms with E-state index in [-0.39, 0.29) is 0 Å². The predicted molar refractivity (Wildman–Crippen MR) is 113 cm³/mol. The summed E-state index contributed by atoms with van der Waals surface area (Å²) in [6.45, 7) is 4.43. The minimum Gasteiger partial charge on any atom is -0.0853 e. The molecule has 0 saturated heterocycles. The number of hydrogen-bond acceptors (Lipinski definition) is 0. The van der Waals surface area contributed by atoms with Crippen molar-refractivity contribution in [3.8, 4) is 0 Å². The smallest absolute Gasteiger partial charge is 0.0127 e. The quantitative estimate of drug-likeness (QED) is 0.432. The zero-order chi connectivity index (χ0) is 17.9. The molecule has 0 bridgehead atoms. The monoisotopic (exact) mass is 340 g/mol. The number of hydrogen-bond donors (Lipinski definition) is 0. The van der Waals surface area contributed by atoms with Crippen molar-refractivity contribution >= 4 is 10.8 Å². The van der Waals surface area contributed by atoms with Crippen LogP contribution in [0.5, 0.6) is 0 Å². The Hall–Kier alpha value is -2.34. The van der Waals surface area contributed by atoms with E-state index in [1.807, 2.05) is 0 Å². The second-order valence-corrected chi connectivity index (χ2v) is 7.89. The largest absolute Gasteiger partial charge is 0.0853 e.